The molecule has 0 amide bonds. The smallest absolute Gasteiger partial charge is 0.146 e. The summed E-state index contributed by atoms with van der Waals surface area (Å²) in [6.07, 6.45) is 5.77. The van der Waals surface area contributed by atoms with E-state index in [4.69, 9.17) is 0 Å². The molecule has 1 aliphatic rings. The lowest BCUT2D eigenvalue weighted by molar-refractivity contribution is 0.554. The second kappa shape index (κ2) is 6.21. The maximum absolute atomic E-state index is 14.1. The highest BCUT2D eigenvalue weighted by Crippen LogP contribution is 2.24. The lowest BCUT2D eigenvalue weighted by Gasteiger charge is -2.29. The summed E-state index contributed by atoms with van der Waals surface area (Å²) in [6, 6.07) is 5.79. The Hall–Kier alpha value is -1.05. The highest BCUT2D eigenvalue weighted by Gasteiger charge is 2.14. The summed E-state index contributed by atoms with van der Waals surface area (Å²) in [5.74, 6) is 0.632. The molecule has 1 aromatic rings. The number of aryl methyl sites for hydroxylation is 1. The van der Waals surface area contributed by atoms with Gasteiger partial charge in [-0.3, -0.25) is 0 Å². The molecule has 1 aliphatic heterocycles. The van der Waals surface area contributed by atoms with Gasteiger partial charge < -0.3 is 4.90 Å². The van der Waals surface area contributed by atoms with Crippen LogP contribution in [-0.4, -0.2) is 13.1 Å². The highest BCUT2D eigenvalue weighted by atomic mass is 19.1. The van der Waals surface area contributed by atoms with Crippen molar-refractivity contribution in [2.24, 2.45) is 5.92 Å². The Bertz CT molecular complexity index is 381. The SMILES string of the molecule is CC(C)CCc1ccc(N2CCCCC2)c(F)c1. The number of halogens is 1. The van der Waals surface area contributed by atoms with Crippen LogP contribution in [0.25, 0.3) is 0 Å². The minimum Gasteiger partial charge on any atom is -0.369 e. The molecular formula is C16H24FN. The summed E-state index contributed by atoms with van der Waals surface area (Å²) >= 11 is 0. The van der Waals surface area contributed by atoms with Gasteiger partial charge in [-0.15, -0.1) is 0 Å². The minimum absolute atomic E-state index is 0.0434. The van der Waals surface area contributed by atoms with Gasteiger partial charge in [0.1, 0.15) is 5.82 Å². The summed E-state index contributed by atoms with van der Waals surface area (Å²) in [5.41, 5.74) is 1.92. The molecule has 2 heteroatoms. The van der Waals surface area contributed by atoms with Gasteiger partial charge in [0.15, 0.2) is 0 Å². The molecule has 0 aromatic heterocycles. The molecule has 0 atom stereocenters. The van der Waals surface area contributed by atoms with Gasteiger partial charge >= 0.3 is 0 Å². The fraction of sp³-hybridized carbons (Fsp3) is 0.625. The van der Waals surface area contributed by atoms with Gasteiger partial charge in [-0.25, -0.2) is 4.39 Å². The Balaban J connectivity index is 2.04. The Morgan fingerprint density at radius 3 is 2.50 bits per heavy atom. The highest BCUT2D eigenvalue weighted by molar-refractivity contribution is 5.49. The molecule has 1 fully saturated rings. The van der Waals surface area contributed by atoms with Crippen molar-refractivity contribution in [1.82, 2.24) is 0 Å². The second-order valence-electron chi connectivity index (χ2n) is 5.77. The molecule has 0 aliphatic carbocycles. The van der Waals surface area contributed by atoms with Crippen molar-refractivity contribution in [2.75, 3.05) is 18.0 Å². The van der Waals surface area contributed by atoms with Crippen LogP contribution in [0.4, 0.5) is 10.1 Å². The van der Waals surface area contributed by atoms with Crippen LogP contribution < -0.4 is 4.90 Å². The van der Waals surface area contributed by atoms with Crippen molar-refractivity contribution in [3.63, 3.8) is 0 Å². The predicted molar refractivity (Wildman–Crippen MR) is 75.6 cm³/mol. The average molecular weight is 249 g/mol. The topological polar surface area (TPSA) is 3.24 Å². The Morgan fingerprint density at radius 2 is 1.89 bits per heavy atom. The molecule has 0 saturated carbocycles. The summed E-state index contributed by atoms with van der Waals surface area (Å²) in [6.45, 7) is 6.42. The number of rotatable bonds is 4. The summed E-state index contributed by atoms with van der Waals surface area (Å²) in [4.78, 5) is 2.19. The first-order valence-corrected chi connectivity index (χ1v) is 7.20. The average Bonchev–Trinajstić information content (AvgIpc) is 2.37. The van der Waals surface area contributed by atoms with Crippen molar-refractivity contribution in [3.05, 3.63) is 29.6 Å². The fourth-order valence-electron chi connectivity index (χ4n) is 2.55. The van der Waals surface area contributed by atoms with E-state index in [1.165, 1.54) is 19.3 Å². The maximum Gasteiger partial charge on any atom is 0.146 e. The van der Waals surface area contributed by atoms with E-state index < -0.39 is 0 Å². The molecule has 2 rings (SSSR count). The third-order valence-electron chi connectivity index (χ3n) is 3.72. The first kappa shape index (κ1) is 13.4. The van der Waals surface area contributed by atoms with Crippen molar-refractivity contribution in [3.8, 4) is 0 Å². The van der Waals surface area contributed by atoms with E-state index in [1.807, 2.05) is 6.07 Å². The zero-order valence-corrected chi connectivity index (χ0v) is 11.6. The van der Waals surface area contributed by atoms with Crippen LogP contribution in [0.2, 0.25) is 0 Å². The second-order valence-corrected chi connectivity index (χ2v) is 5.77. The van der Waals surface area contributed by atoms with E-state index in [0.29, 0.717) is 5.92 Å². The largest absolute Gasteiger partial charge is 0.369 e. The van der Waals surface area contributed by atoms with Gasteiger partial charge in [0.05, 0.1) is 5.69 Å². The Labute approximate surface area is 110 Å². The molecule has 0 bridgehead atoms. The first-order valence-electron chi connectivity index (χ1n) is 7.20. The molecule has 1 saturated heterocycles. The Kier molecular flexibility index (Phi) is 4.62. The van der Waals surface area contributed by atoms with Gasteiger partial charge in [0, 0.05) is 13.1 Å². The van der Waals surface area contributed by atoms with Crippen LogP contribution in [-0.2, 0) is 6.42 Å². The summed E-state index contributed by atoms with van der Waals surface area (Å²) in [5, 5.41) is 0. The molecule has 1 heterocycles. The van der Waals surface area contributed by atoms with Gasteiger partial charge in [0.2, 0.25) is 0 Å². The predicted octanol–water partition coefficient (Wildman–Crippen LogP) is 4.40. The number of hydrogen-bond donors (Lipinski definition) is 0. The van der Waals surface area contributed by atoms with Crippen LogP contribution in [0, 0.1) is 11.7 Å². The van der Waals surface area contributed by atoms with Crippen LogP contribution >= 0.6 is 0 Å². The molecular weight excluding hydrogens is 225 g/mol. The van der Waals surface area contributed by atoms with E-state index in [1.54, 1.807) is 6.07 Å². The van der Waals surface area contributed by atoms with E-state index in [0.717, 1.165) is 37.2 Å². The quantitative estimate of drug-likeness (QED) is 0.764. The zero-order valence-electron chi connectivity index (χ0n) is 11.6. The van der Waals surface area contributed by atoms with Crippen molar-refractivity contribution in [1.29, 1.82) is 0 Å². The van der Waals surface area contributed by atoms with Crippen LogP contribution in [0.15, 0.2) is 18.2 Å². The third kappa shape index (κ3) is 3.47. The maximum atomic E-state index is 14.1. The van der Waals surface area contributed by atoms with E-state index in [2.05, 4.69) is 24.8 Å². The molecule has 1 nitrogen and oxygen atoms in total. The van der Waals surface area contributed by atoms with Crippen LogP contribution in [0.5, 0.6) is 0 Å². The third-order valence-corrected chi connectivity index (χ3v) is 3.72. The number of anilines is 1. The first-order chi connectivity index (χ1) is 8.66. The van der Waals surface area contributed by atoms with Crippen LogP contribution in [0.3, 0.4) is 0 Å². The van der Waals surface area contributed by atoms with Gasteiger partial charge in [0.25, 0.3) is 0 Å². The summed E-state index contributed by atoms with van der Waals surface area (Å²) < 4.78 is 14.1. The molecule has 0 unspecified atom stereocenters. The van der Waals surface area contributed by atoms with Gasteiger partial charge in [-0.2, -0.15) is 0 Å². The lowest BCUT2D eigenvalue weighted by Crippen LogP contribution is -2.30. The number of benzene rings is 1. The standard InChI is InChI=1S/C16H24FN/c1-13(2)6-7-14-8-9-16(15(17)12-14)18-10-4-3-5-11-18/h8-9,12-13H,3-7,10-11H2,1-2H3. The van der Waals surface area contributed by atoms with Gasteiger partial charge in [-0.1, -0.05) is 19.9 Å². The molecule has 18 heavy (non-hydrogen) atoms. The number of nitrogens with zero attached hydrogens (tertiary/aromatic N) is 1. The summed E-state index contributed by atoms with van der Waals surface area (Å²) in [7, 11) is 0. The van der Waals surface area contributed by atoms with E-state index in [9.17, 15) is 4.39 Å². The molecule has 1 aromatic carbocycles. The van der Waals surface area contributed by atoms with Crippen molar-refractivity contribution in [2.45, 2.75) is 46.0 Å². The number of hydrogen-bond acceptors (Lipinski definition) is 1. The monoisotopic (exact) mass is 249 g/mol. The molecule has 0 radical (unpaired) electrons. The molecule has 0 N–H and O–H groups in total. The number of piperidine rings is 1. The lowest BCUT2D eigenvalue weighted by atomic mass is 10.0. The molecule has 0 spiro atoms. The van der Waals surface area contributed by atoms with Crippen LogP contribution in [0.1, 0.15) is 45.1 Å². The Morgan fingerprint density at radius 1 is 1.17 bits per heavy atom. The van der Waals surface area contributed by atoms with Crippen molar-refractivity contribution < 1.29 is 4.39 Å². The van der Waals surface area contributed by atoms with E-state index in [-0.39, 0.29) is 5.82 Å². The van der Waals surface area contributed by atoms with Crippen molar-refractivity contribution >= 4 is 5.69 Å². The minimum atomic E-state index is -0.0434. The fourth-order valence-corrected chi connectivity index (χ4v) is 2.55. The molecule has 100 valence electrons. The van der Waals surface area contributed by atoms with Gasteiger partial charge in [-0.05, 0) is 55.7 Å². The normalized spacial score (nSPS) is 16.3. The zero-order chi connectivity index (χ0) is 13.0. The van der Waals surface area contributed by atoms with E-state index >= 15 is 0 Å².